The maximum atomic E-state index is 13.7. The van der Waals surface area contributed by atoms with E-state index in [2.05, 4.69) is 35.5 Å². The van der Waals surface area contributed by atoms with Gasteiger partial charge in [0.2, 0.25) is 11.6 Å². The van der Waals surface area contributed by atoms with Gasteiger partial charge in [-0.3, -0.25) is 0 Å². The summed E-state index contributed by atoms with van der Waals surface area (Å²) < 4.78 is 19.6. The predicted molar refractivity (Wildman–Crippen MR) is 89.6 cm³/mol. The van der Waals surface area contributed by atoms with Crippen LogP contribution in [0.15, 0.2) is 33.0 Å². The number of hydrogen-bond acceptors (Lipinski definition) is 8. The largest absolute Gasteiger partial charge is 0.378 e. The van der Waals surface area contributed by atoms with E-state index in [1.807, 2.05) is 0 Å². The highest BCUT2D eigenvalue weighted by Crippen LogP contribution is 2.17. The zero-order chi connectivity index (χ0) is 18.0. The molecule has 0 aliphatic carbocycles. The van der Waals surface area contributed by atoms with Gasteiger partial charge >= 0.3 is 0 Å². The van der Waals surface area contributed by atoms with E-state index in [1.165, 1.54) is 23.0 Å². The molecule has 0 unspecified atom stereocenters. The first kappa shape index (κ1) is 16.7. The zero-order valence-electron chi connectivity index (χ0n) is 13.2. The molecule has 3 rings (SSSR count). The van der Waals surface area contributed by atoms with Crippen molar-refractivity contribution in [3.8, 4) is 5.82 Å². The molecule has 2 aromatic heterocycles. The molecule has 128 valence electrons. The summed E-state index contributed by atoms with van der Waals surface area (Å²) in [6.45, 7) is 3.44. The van der Waals surface area contributed by atoms with E-state index in [1.54, 1.807) is 19.9 Å². The molecule has 11 heteroatoms. The van der Waals surface area contributed by atoms with Crippen molar-refractivity contribution in [1.82, 2.24) is 25.3 Å². The van der Waals surface area contributed by atoms with Gasteiger partial charge in [0.15, 0.2) is 0 Å². The second-order valence-corrected chi connectivity index (χ2v) is 5.38. The molecule has 0 bridgehead atoms. The number of nitrogen functional groups attached to an aromatic ring is 1. The molecule has 0 radical (unpaired) electrons. The molecule has 2 heterocycles. The van der Waals surface area contributed by atoms with Gasteiger partial charge in [0.05, 0.1) is 22.6 Å². The Bertz CT molecular complexity index is 957. The Hall–Kier alpha value is -3.14. The summed E-state index contributed by atoms with van der Waals surface area (Å²) in [4.78, 5) is 0. The monoisotopic (exact) mass is 362 g/mol. The fraction of sp³-hybridized carbons (Fsp3) is 0.143. The van der Waals surface area contributed by atoms with E-state index >= 15 is 0 Å². The van der Waals surface area contributed by atoms with Crippen LogP contribution < -0.4 is 5.73 Å². The Labute approximate surface area is 146 Å². The minimum absolute atomic E-state index is 0.0846. The van der Waals surface area contributed by atoms with Crippen LogP contribution in [0.4, 0.5) is 10.2 Å². The molecule has 2 N–H and O–H groups in total. The minimum atomic E-state index is -0.486. The number of nitrogens with two attached hydrogens (primary N) is 1. The smallest absolute Gasteiger partial charge is 0.243 e. The van der Waals surface area contributed by atoms with E-state index in [9.17, 15) is 4.39 Å². The summed E-state index contributed by atoms with van der Waals surface area (Å²) in [5, 5.41) is 23.2. The second-order valence-electron chi connectivity index (χ2n) is 4.97. The molecule has 0 aliphatic heterocycles. The molecule has 0 fully saturated rings. The topological polar surface area (TPSA) is 120 Å². The summed E-state index contributed by atoms with van der Waals surface area (Å²) in [5.74, 6) is -0.174. The number of rotatable bonds is 4. The molecule has 3 aromatic rings. The molecule has 0 atom stereocenters. The average molecular weight is 363 g/mol. The van der Waals surface area contributed by atoms with Crippen molar-refractivity contribution in [3.63, 3.8) is 0 Å². The highest BCUT2D eigenvalue weighted by Gasteiger charge is 2.17. The maximum Gasteiger partial charge on any atom is 0.243 e. The van der Waals surface area contributed by atoms with Crippen molar-refractivity contribution in [3.05, 3.63) is 46.0 Å². The Morgan fingerprint density at radius 1 is 1.40 bits per heavy atom. The van der Waals surface area contributed by atoms with Crippen LogP contribution in [0.5, 0.6) is 0 Å². The van der Waals surface area contributed by atoms with E-state index in [0.29, 0.717) is 17.1 Å². The van der Waals surface area contributed by atoms with Crippen molar-refractivity contribution in [2.24, 2.45) is 10.2 Å². The van der Waals surface area contributed by atoms with Gasteiger partial charge in [-0.25, -0.2) is 9.02 Å². The summed E-state index contributed by atoms with van der Waals surface area (Å²) in [5.41, 5.74) is 7.34. The van der Waals surface area contributed by atoms with Crippen LogP contribution in [0.1, 0.15) is 23.9 Å². The van der Waals surface area contributed by atoms with Gasteiger partial charge in [-0.15, -0.1) is 5.10 Å². The normalized spacial score (nSPS) is 12.2. The summed E-state index contributed by atoms with van der Waals surface area (Å²) in [6, 6.07) is 4.36. The lowest BCUT2D eigenvalue weighted by molar-refractivity contribution is 0.306. The fourth-order valence-electron chi connectivity index (χ4n) is 2.06. The van der Waals surface area contributed by atoms with Gasteiger partial charge in [-0.1, -0.05) is 22.9 Å². The predicted octanol–water partition coefficient (Wildman–Crippen LogP) is 2.18. The Morgan fingerprint density at radius 2 is 2.20 bits per heavy atom. The van der Waals surface area contributed by atoms with Crippen LogP contribution in [-0.2, 0) is 0 Å². The van der Waals surface area contributed by atoms with Crippen LogP contribution >= 0.6 is 11.6 Å². The number of anilines is 1. The molecule has 0 saturated carbocycles. The Balaban J connectivity index is 1.88. The summed E-state index contributed by atoms with van der Waals surface area (Å²) in [7, 11) is 0. The standard InChI is InChI=1S/C14H12ClFN8O/c1-7(19-18-6-9-10(15)4-3-5-11(9)16)12-8(2)24(23-20-12)14-13(17)21-25-22-14/h3-6H,1-2H3,(H2,17,21)/b18-6+,19-7+. The van der Waals surface area contributed by atoms with Gasteiger partial charge in [-0.2, -0.15) is 14.9 Å². The lowest BCUT2D eigenvalue weighted by Gasteiger charge is -1.99. The molecule has 9 nitrogen and oxygen atoms in total. The van der Waals surface area contributed by atoms with Crippen molar-refractivity contribution >= 4 is 29.3 Å². The van der Waals surface area contributed by atoms with Crippen molar-refractivity contribution in [2.75, 3.05) is 5.73 Å². The van der Waals surface area contributed by atoms with E-state index in [-0.39, 0.29) is 22.2 Å². The molecule has 0 spiro atoms. The molecule has 0 amide bonds. The summed E-state index contributed by atoms with van der Waals surface area (Å²) in [6.07, 6.45) is 1.24. The van der Waals surface area contributed by atoms with E-state index in [4.69, 9.17) is 17.3 Å². The van der Waals surface area contributed by atoms with Gasteiger partial charge in [0.1, 0.15) is 11.5 Å². The van der Waals surface area contributed by atoms with Crippen LogP contribution in [-0.4, -0.2) is 37.2 Å². The first-order chi connectivity index (χ1) is 12.0. The van der Waals surface area contributed by atoms with Crippen molar-refractivity contribution in [2.45, 2.75) is 13.8 Å². The SMILES string of the molecule is C/C(=N\N=C\c1c(F)cccc1Cl)c1nnn(-c2nonc2N)c1C. The third kappa shape index (κ3) is 3.24. The number of hydrogen-bond donors (Lipinski definition) is 1. The molecule has 1 aromatic carbocycles. The zero-order valence-corrected chi connectivity index (χ0v) is 13.9. The maximum absolute atomic E-state index is 13.7. The molecule has 0 saturated heterocycles. The van der Waals surface area contributed by atoms with Crippen LogP contribution in [0.3, 0.4) is 0 Å². The van der Waals surface area contributed by atoms with Gasteiger partial charge in [-0.05, 0) is 36.3 Å². The second kappa shape index (κ2) is 6.77. The molecule has 0 aliphatic rings. The molecule has 25 heavy (non-hydrogen) atoms. The Morgan fingerprint density at radius 3 is 2.88 bits per heavy atom. The number of aromatic nitrogens is 5. The van der Waals surface area contributed by atoms with E-state index in [0.717, 1.165) is 0 Å². The van der Waals surface area contributed by atoms with Crippen LogP contribution in [0, 0.1) is 12.7 Å². The quantitative estimate of drug-likeness (QED) is 0.561. The number of benzene rings is 1. The lowest BCUT2D eigenvalue weighted by atomic mass is 10.2. The van der Waals surface area contributed by atoms with Gasteiger partial charge in [0, 0.05) is 5.56 Å². The van der Waals surface area contributed by atoms with Crippen molar-refractivity contribution in [1.29, 1.82) is 0 Å². The third-order valence-corrected chi connectivity index (χ3v) is 3.66. The fourth-order valence-corrected chi connectivity index (χ4v) is 2.27. The lowest BCUT2D eigenvalue weighted by Crippen LogP contribution is -2.04. The van der Waals surface area contributed by atoms with Gasteiger partial charge < -0.3 is 5.73 Å². The Kier molecular flexibility index (Phi) is 4.52. The molecular formula is C14H12ClFN8O. The van der Waals surface area contributed by atoms with Gasteiger partial charge in [0.25, 0.3) is 0 Å². The first-order valence-corrected chi connectivity index (χ1v) is 7.39. The minimum Gasteiger partial charge on any atom is -0.378 e. The van der Waals surface area contributed by atoms with Crippen molar-refractivity contribution < 1.29 is 9.02 Å². The number of halogens is 2. The highest BCUT2D eigenvalue weighted by atomic mass is 35.5. The average Bonchev–Trinajstić information content (AvgIpc) is 3.15. The van der Waals surface area contributed by atoms with E-state index < -0.39 is 5.82 Å². The first-order valence-electron chi connectivity index (χ1n) is 7.01. The highest BCUT2D eigenvalue weighted by molar-refractivity contribution is 6.33. The molecular weight excluding hydrogens is 351 g/mol. The number of nitrogens with zero attached hydrogens (tertiary/aromatic N) is 7. The van der Waals surface area contributed by atoms with Crippen LogP contribution in [0.25, 0.3) is 5.82 Å². The summed E-state index contributed by atoms with van der Waals surface area (Å²) >= 11 is 5.92. The van der Waals surface area contributed by atoms with Crippen LogP contribution in [0.2, 0.25) is 5.02 Å². The third-order valence-electron chi connectivity index (χ3n) is 3.33.